The Morgan fingerprint density at radius 2 is 1.69 bits per heavy atom. The maximum atomic E-state index is 14.0. The molecule has 15 heteroatoms. The lowest BCUT2D eigenvalue weighted by Crippen LogP contribution is -2.71. The van der Waals surface area contributed by atoms with Crippen LogP contribution in [0.15, 0.2) is 65.5 Å². The normalized spacial score (nSPS) is 20.7. The second kappa shape index (κ2) is 12.9. The number of pyridine rings is 1. The van der Waals surface area contributed by atoms with Gasteiger partial charge in [0.05, 0.1) is 18.3 Å². The van der Waals surface area contributed by atoms with Crippen molar-refractivity contribution in [2.75, 3.05) is 4.90 Å². The highest BCUT2D eigenvalue weighted by Gasteiger charge is 2.66. The highest BCUT2D eigenvalue weighted by molar-refractivity contribution is 8.01. The number of carboxylic acids is 1. The van der Waals surface area contributed by atoms with Crippen molar-refractivity contribution >= 4 is 47.0 Å². The summed E-state index contributed by atoms with van der Waals surface area (Å²) in [6.45, 7) is 5.82. The number of nitrogens with one attached hydrogen (secondary N) is 1. The van der Waals surface area contributed by atoms with Crippen LogP contribution in [0.1, 0.15) is 44.9 Å². The van der Waals surface area contributed by atoms with Crippen molar-refractivity contribution in [2.45, 2.75) is 68.5 Å². The number of hydrogen-bond donors (Lipinski definition) is 5. The number of aromatic nitrogens is 1. The third-order valence-corrected chi connectivity index (χ3v) is 10.0. The maximum absolute atomic E-state index is 14.0. The van der Waals surface area contributed by atoms with Gasteiger partial charge in [-0.3, -0.25) is 24.0 Å². The number of fused-ring (bicyclic) bond motifs is 1. The standard InChI is InChI=1S/C33H36N6O8S/c1-16(34)28(43)38(17(2)40)21-7-5-6-19(14-21)23-13-10-20(27(42)36-23)15-37(29(44)24(35)18-8-11-22(41)12-9-18)25-30(45)39-26(32(46)47)33(3,4)48-31(25)39/h5-14,16,24-26,31,41H,15,34-35H2,1-4H3,(H,36,42)(H,46,47)/t16-,24?,25+,26-,31+/m0/s1. The number of aliphatic carboxylic acids is 1. The van der Waals surface area contributed by atoms with Gasteiger partial charge in [0.1, 0.15) is 29.2 Å². The van der Waals surface area contributed by atoms with Crippen LogP contribution in [0, 0.1) is 0 Å². The van der Waals surface area contributed by atoms with E-state index in [0.717, 1.165) is 4.90 Å². The van der Waals surface area contributed by atoms with Crippen LogP contribution in [0.5, 0.6) is 5.75 Å². The van der Waals surface area contributed by atoms with Crippen molar-refractivity contribution < 1.29 is 34.2 Å². The number of imide groups is 1. The number of anilines is 1. The monoisotopic (exact) mass is 676 g/mol. The van der Waals surface area contributed by atoms with Gasteiger partial charge in [0, 0.05) is 28.5 Å². The van der Waals surface area contributed by atoms with Crippen molar-refractivity contribution in [3.05, 3.63) is 82.1 Å². The molecule has 1 aromatic heterocycles. The largest absolute Gasteiger partial charge is 0.508 e. The quantitative estimate of drug-likeness (QED) is 0.205. The molecule has 0 spiro atoms. The molecule has 252 valence electrons. The van der Waals surface area contributed by atoms with Gasteiger partial charge in [-0.15, -0.1) is 11.8 Å². The fourth-order valence-corrected chi connectivity index (χ4v) is 7.75. The van der Waals surface area contributed by atoms with Gasteiger partial charge in [-0.2, -0.15) is 0 Å². The number of nitrogens with zero attached hydrogens (tertiary/aromatic N) is 3. The fraction of sp³-hybridized carbons (Fsp3) is 0.333. The summed E-state index contributed by atoms with van der Waals surface area (Å²) in [5, 5.41) is 18.9. The minimum Gasteiger partial charge on any atom is -0.508 e. The first kappa shape index (κ1) is 34.3. The summed E-state index contributed by atoms with van der Waals surface area (Å²) in [5.41, 5.74) is 13.1. The molecule has 5 rings (SSSR count). The highest BCUT2D eigenvalue weighted by atomic mass is 32.2. The number of aromatic amines is 1. The number of carbonyl (C=O) groups excluding carboxylic acids is 4. The number of phenolic OH excluding ortho intramolecular Hbond substituents is 1. The molecule has 2 saturated heterocycles. The molecule has 0 saturated carbocycles. The van der Waals surface area contributed by atoms with E-state index in [-0.39, 0.29) is 23.5 Å². The summed E-state index contributed by atoms with van der Waals surface area (Å²) >= 11 is 1.26. The molecular formula is C33H36N6O8S. The van der Waals surface area contributed by atoms with Crippen molar-refractivity contribution in [2.24, 2.45) is 11.5 Å². The Morgan fingerprint density at radius 1 is 1.02 bits per heavy atom. The number of rotatable bonds is 9. The van der Waals surface area contributed by atoms with Crippen molar-refractivity contribution in [3.8, 4) is 17.0 Å². The second-order valence-corrected chi connectivity index (χ2v) is 14.1. The van der Waals surface area contributed by atoms with Crippen LogP contribution in [0.3, 0.4) is 0 Å². The van der Waals surface area contributed by atoms with Crippen molar-refractivity contribution in [3.63, 3.8) is 0 Å². The molecular weight excluding hydrogens is 640 g/mol. The molecule has 2 fully saturated rings. The number of benzene rings is 2. The van der Waals surface area contributed by atoms with Crippen LogP contribution in [0.4, 0.5) is 5.69 Å². The smallest absolute Gasteiger partial charge is 0.327 e. The zero-order valence-electron chi connectivity index (χ0n) is 26.6. The van der Waals surface area contributed by atoms with E-state index in [1.54, 1.807) is 44.2 Å². The van der Waals surface area contributed by atoms with E-state index in [2.05, 4.69) is 4.98 Å². The van der Waals surface area contributed by atoms with E-state index in [0.29, 0.717) is 16.8 Å². The zero-order chi connectivity index (χ0) is 35.2. The molecule has 14 nitrogen and oxygen atoms in total. The number of carboxylic acid groups (broad SMARTS) is 1. The number of H-pyrrole nitrogens is 1. The fourth-order valence-electron chi connectivity index (χ4n) is 6.06. The van der Waals surface area contributed by atoms with Gasteiger partial charge in [0.15, 0.2) is 0 Å². The molecule has 5 atom stereocenters. The van der Waals surface area contributed by atoms with Crippen LogP contribution >= 0.6 is 11.8 Å². The van der Waals surface area contributed by atoms with Crippen LogP contribution in [0.2, 0.25) is 0 Å². The first-order valence-electron chi connectivity index (χ1n) is 15.0. The average Bonchev–Trinajstić information content (AvgIpc) is 3.28. The zero-order valence-corrected chi connectivity index (χ0v) is 27.4. The Hall–Kier alpha value is -4.99. The Balaban J connectivity index is 1.48. The topological polar surface area (TPSA) is 220 Å². The van der Waals surface area contributed by atoms with Gasteiger partial charge in [-0.05, 0) is 62.7 Å². The van der Waals surface area contributed by atoms with Crippen molar-refractivity contribution in [1.82, 2.24) is 14.8 Å². The second-order valence-electron chi connectivity index (χ2n) is 12.3. The van der Waals surface area contributed by atoms with E-state index in [1.807, 2.05) is 0 Å². The Kier molecular flexibility index (Phi) is 9.23. The molecule has 2 aliphatic rings. The van der Waals surface area contributed by atoms with Gasteiger partial charge in [-0.25, -0.2) is 9.69 Å². The predicted octanol–water partition coefficient (Wildman–Crippen LogP) is 1.52. The molecule has 4 amide bonds. The molecule has 3 heterocycles. The lowest BCUT2D eigenvalue weighted by molar-refractivity contribution is -0.169. The predicted molar refractivity (Wildman–Crippen MR) is 177 cm³/mol. The van der Waals surface area contributed by atoms with Crippen molar-refractivity contribution in [1.29, 1.82) is 0 Å². The number of carbonyl (C=O) groups is 5. The summed E-state index contributed by atoms with van der Waals surface area (Å²) in [4.78, 5) is 84.3. The molecule has 48 heavy (non-hydrogen) atoms. The van der Waals surface area contributed by atoms with Gasteiger partial charge < -0.3 is 36.5 Å². The van der Waals surface area contributed by atoms with E-state index in [9.17, 15) is 39.0 Å². The SMILES string of the molecule is CC(=O)N(C(=O)[C@H](C)N)c1cccc(-c2ccc(CN(C(=O)C(N)c3ccc(O)cc3)[C@@H]3C(=O)N4[C@@H]3SC(C)(C)[C@@H]4C(=O)O)c(=O)[nH]2)c1. The van der Waals surface area contributed by atoms with Gasteiger partial charge >= 0.3 is 5.97 Å². The van der Waals surface area contributed by atoms with Gasteiger partial charge in [-0.1, -0.05) is 24.3 Å². The summed E-state index contributed by atoms with van der Waals surface area (Å²) in [6, 6.07) is 10.8. The summed E-state index contributed by atoms with van der Waals surface area (Å²) in [7, 11) is 0. The van der Waals surface area contributed by atoms with Gasteiger partial charge in [0.2, 0.25) is 23.6 Å². The number of nitrogens with two attached hydrogens (primary N) is 2. The van der Waals surface area contributed by atoms with Crippen LogP contribution in [0.25, 0.3) is 11.3 Å². The van der Waals surface area contributed by atoms with Crippen LogP contribution in [-0.2, 0) is 30.5 Å². The summed E-state index contributed by atoms with van der Waals surface area (Å²) in [6.07, 6.45) is 0. The molecule has 2 aromatic carbocycles. The third kappa shape index (κ3) is 6.19. The number of β-lactam (4-membered cyclic amide) rings is 1. The van der Waals surface area contributed by atoms with Crippen LogP contribution < -0.4 is 21.9 Å². The number of thioether (sulfide) groups is 1. The average molecular weight is 677 g/mol. The molecule has 1 unspecified atom stereocenters. The minimum absolute atomic E-state index is 0.0314. The molecule has 0 bridgehead atoms. The summed E-state index contributed by atoms with van der Waals surface area (Å²) in [5.74, 6) is -3.56. The molecule has 0 radical (unpaired) electrons. The van der Waals surface area contributed by atoms with E-state index in [1.165, 1.54) is 65.7 Å². The molecule has 3 aromatic rings. The molecule has 7 N–H and O–H groups in total. The Bertz CT molecular complexity index is 1860. The Labute approximate surface area is 279 Å². The third-order valence-electron chi connectivity index (χ3n) is 8.46. The first-order chi connectivity index (χ1) is 22.5. The van der Waals surface area contributed by atoms with E-state index >= 15 is 0 Å². The minimum atomic E-state index is -1.26. The maximum Gasteiger partial charge on any atom is 0.327 e. The first-order valence-corrected chi connectivity index (χ1v) is 15.9. The lowest BCUT2D eigenvalue weighted by Gasteiger charge is -2.48. The lowest BCUT2D eigenvalue weighted by atomic mass is 9.94. The van der Waals surface area contributed by atoms with E-state index in [4.69, 9.17) is 11.5 Å². The number of phenols is 1. The molecule has 2 aliphatic heterocycles. The number of hydrogen-bond acceptors (Lipinski definition) is 10. The van der Waals surface area contributed by atoms with Gasteiger partial charge in [0.25, 0.3) is 5.56 Å². The summed E-state index contributed by atoms with van der Waals surface area (Å²) < 4.78 is -0.854. The number of amides is 4. The highest BCUT2D eigenvalue weighted by Crippen LogP contribution is 2.52. The molecule has 0 aliphatic carbocycles. The van der Waals surface area contributed by atoms with E-state index < -0.39 is 69.4 Å². The Morgan fingerprint density at radius 3 is 2.27 bits per heavy atom. The van der Waals surface area contributed by atoms with Crippen LogP contribution in [-0.4, -0.2) is 82.8 Å². The number of aromatic hydroxyl groups is 1.